The molecule has 14 heavy (non-hydrogen) atoms. The van der Waals surface area contributed by atoms with Crippen molar-refractivity contribution in [1.29, 1.82) is 0 Å². The largest absolute Gasteiger partial charge is 0.481 e. The SMILES string of the molecule is O=C(O)CC(=O)OSc1ccccc1. The fraction of sp³-hybridized carbons (Fsp3) is 0.111. The fourth-order valence-electron chi connectivity index (χ4n) is 0.724. The van der Waals surface area contributed by atoms with E-state index in [0.717, 1.165) is 16.9 Å². The Balaban J connectivity index is 2.34. The highest BCUT2D eigenvalue weighted by molar-refractivity contribution is 7.95. The van der Waals surface area contributed by atoms with E-state index in [-0.39, 0.29) is 0 Å². The number of hydrogen-bond donors (Lipinski definition) is 1. The van der Waals surface area contributed by atoms with Gasteiger partial charge < -0.3 is 9.29 Å². The van der Waals surface area contributed by atoms with Crippen LogP contribution in [0.5, 0.6) is 0 Å². The molecule has 0 atom stereocenters. The van der Waals surface area contributed by atoms with Crippen molar-refractivity contribution in [3.8, 4) is 0 Å². The zero-order valence-electron chi connectivity index (χ0n) is 7.17. The zero-order valence-corrected chi connectivity index (χ0v) is 7.99. The number of carboxylic acids is 1. The minimum absolute atomic E-state index is 0.611. The molecule has 0 aliphatic rings. The van der Waals surface area contributed by atoms with E-state index >= 15 is 0 Å². The molecule has 0 unspecified atom stereocenters. The molecule has 1 rings (SSSR count). The van der Waals surface area contributed by atoms with E-state index in [4.69, 9.17) is 5.11 Å². The van der Waals surface area contributed by atoms with E-state index in [9.17, 15) is 9.59 Å². The van der Waals surface area contributed by atoms with E-state index < -0.39 is 18.4 Å². The molecule has 1 aromatic rings. The number of hydrogen-bond acceptors (Lipinski definition) is 4. The Hall–Kier alpha value is -1.49. The van der Waals surface area contributed by atoms with Crippen molar-refractivity contribution in [3.63, 3.8) is 0 Å². The predicted molar refractivity (Wildman–Crippen MR) is 50.6 cm³/mol. The molecule has 0 aromatic heterocycles. The van der Waals surface area contributed by atoms with Gasteiger partial charge in [0.25, 0.3) is 0 Å². The van der Waals surface area contributed by atoms with Crippen LogP contribution in [0, 0.1) is 0 Å². The maximum Gasteiger partial charge on any atom is 0.329 e. The first-order valence-electron chi connectivity index (χ1n) is 3.82. The highest BCUT2D eigenvalue weighted by atomic mass is 32.2. The highest BCUT2D eigenvalue weighted by Gasteiger charge is 2.09. The van der Waals surface area contributed by atoms with E-state index in [2.05, 4.69) is 4.18 Å². The highest BCUT2D eigenvalue weighted by Crippen LogP contribution is 2.18. The molecule has 74 valence electrons. The van der Waals surface area contributed by atoms with Crippen LogP contribution in [0.2, 0.25) is 0 Å². The number of benzene rings is 1. The summed E-state index contributed by atoms with van der Waals surface area (Å²) in [5.74, 6) is -1.95. The quantitative estimate of drug-likeness (QED) is 0.608. The standard InChI is InChI=1S/C9H8O4S/c10-8(11)6-9(12)13-14-7-4-2-1-3-5-7/h1-5H,6H2,(H,10,11). The summed E-state index contributed by atoms with van der Waals surface area (Å²) in [6, 6.07) is 8.96. The van der Waals surface area contributed by atoms with Crippen LogP contribution in [0.25, 0.3) is 0 Å². The van der Waals surface area contributed by atoms with E-state index in [1.165, 1.54) is 0 Å². The van der Waals surface area contributed by atoms with Crippen molar-refractivity contribution in [2.75, 3.05) is 0 Å². The van der Waals surface area contributed by atoms with Gasteiger partial charge >= 0.3 is 11.9 Å². The van der Waals surface area contributed by atoms with Crippen LogP contribution >= 0.6 is 12.0 Å². The monoisotopic (exact) mass is 212 g/mol. The number of carbonyl (C=O) groups is 2. The molecule has 0 saturated carbocycles. The Morgan fingerprint density at radius 3 is 2.50 bits per heavy atom. The van der Waals surface area contributed by atoms with E-state index in [0.29, 0.717) is 0 Å². The smallest absolute Gasteiger partial charge is 0.329 e. The molecular formula is C9H8O4S. The molecule has 0 fully saturated rings. The first-order chi connectivity index (χ1) is 6.68. The Kier molecular flexibility index (Phi) is 4.00. The molecular weight excluding hydrogens is 204 g/mol. The third-order valence-corrected chi connectivity index (χ3v) is 2.00. The predicted octanol–water partition coefficient (Wildman–Crippen LogP) is 1.71. The molecule has 0 heterocycles. The van der Waals surface area contributed by atoms with Gasteiger partial charge in [-0.25, -0.2) is 0 Å². The Labute approximate surface area is 85.1 Å². The van der Waals surface area contributed by atoms with Crippen LogP contribution in [0.15, 0.2) is 35.2 Å². The van der Waals surface area contributed by atoms with Crippen molar-refractivity contribution >= 4 is 24.0 Å². The molecule has 0 spiro atoms. The fourth-order valence-corrected chi connectivity index (χ4v) is 1.24. The Bertz CT molecular complexity index is 323. The third-order valence-electron chi connectivity index (χ3n) is 1.27. The van der Waals surface area contributed by atoms with Crippen LogP contribution < -0.4 is 0 Å². The van der Waals surface area contributed by atoms with E-state index in [1.807, 2.05) is 6.07 Å². The minimum Gasteiger partial charge on any atom is -0.481 e. The summed E-state index contributed by atoms with van der Waals surface area (Å²) in [5.41, 5.74) is 0. The van der Waals surface area contributed by atoms with Gasteiger partial charge in [0.2, 0.25) is 0 Å². The molecule has 0 aliphatic heterocycles. The molecule has 5 heteroatoms. The molecule has 0 radical (unpaired) electrons. The minimum atomic E-state index is -1.19. The van der Waals surface area contributed by atoms with E-state index in [1.54, 1.807) is 24.3 Å². The third kappa shape index (κ3) is 3.95. The average Bonchev–Trinajstić information content (AvgIpc) is 2.15. The second kappa shape index (κ2) is 5.29. The first-order valence-corrected chi connectivity index (χ1v) is 4.57. The van der Waals surface area contributed by atoms with Crippen molar-refractivity contribution in [2.24, 2.45) is 0 Å². The molecule has 1 N–H and O–H groups in total. The number of carbonyl (C=O) groups excluding carboxylic acids is 1. The van der Waals surface area contributed by atoms with Crippen LogP contribution in [0.4, 0.5) is 0 Å². The van der Waals surface area contributed by atoms with Crippen molar-refractivity contribution in [1.82, 2.24) is 0 Å². The van der Waals surface area contributed by atoms with Crippen LogP contribution in [0.1, 0.15) is 6.42 Å². The number of rotatable bonds is 4. The van der Waals surface area contributed by atoms with Crippen molar-refractivity contribution in [2.45, 2.75) is 11.3 Å². The van der Waals surface area contributed by atoms with Gasteiger partial charge in [0, 0.05) is 4.90 Å². The summed E-state index contributed by atoms with van der Waals surface area (Å²) < 4.78 is 4.64. The first kappa shape index (κ1) is 10.6. The van der Waals surface area contributed by atoms with Crippen LogP contribution in [-0.2, 0) is 13.8 Å². The summed E-state index contributed by atoms with van der Waals surface area (Å²) in [6.07, 6.45) is -0.611. The molecule has 0 aliphatic carbocycles. The van der Waals surface area contributed by atoms with Gasteiger partial charge in [-0.15, -0.1) is 0 Å². The van der Waals surface area contributed by atoms with Crippen molar-refractivity contribution in [3.05, 3.63) is 30.3 Å². The lowest BCUT2D eigenvalue weighted by molar-refractivity contribution is -0.145. The lowest BCUT2D eigenvalue weighted by Crippen LogP contribution is -2.06. The molecule has 4 nitrogen and oxygen atoms in total. The summed E-state index contributed by atoms with van der Waals surface area (Å²) in [4.78, 5) is 21.7. The van der Waals surface area contributed by atoms with Gasteiger partial charge in [0.1, 0.15) is 6.42 Å². The van der Waals surface area contributed by atoms with Crippen molar-refractivity contribution < 1.29 is 18.9 Å². The molecule has 1 aromatic carbocycles. The number of carboxylic acid groups (broad SMARTS) is 1. The Morgan fingerprint density at radius 2 is 1.93 bits per heavy atom. The molecule has 0 amide bonds. The van der Waals surface area contributed by atoms with Gasteiger partial charge in [-0.3, -0.25) is 9.59 Å². The van der Waals surface area contributed by atoms with Crippen LogP contribution in [0.3, 0.4) is 0 Å². The van der Waals surface area contributed by atoms with Gasteiger partial charge in [-0.05, 0) is 12.1 Å². The van der Waals surface area contributed by atoms with Crippen LogP contribution in [-0.4, -0.2) is 17.0 Å². The van der Waals surface area contributed by atoms with Gasteiger partial charge in [-0.2, -0.15) is 0 Å². The maximum absolute atomic E-state index is 10.8. The number of aliphatic carboxylic acids is 1. The molecule has 0 bridgehead atoms. The normalized spacial score (nSPS) is 9.43. The van der Waals surface area contributed by atoms with Gasteiger partial charge in [0.15, 0.2) is 0 Å². The topological polar surface area (TPSA) is 63.6 Å². The lowest BCUT2D eigenvalue weighted by Gasteiger charge is -1.99. The zero-order chi connectivity index (χ0) is 10.4. The molecule has 0 saturated heterocycles. The summed E-state index contributed by atoms with van der Waals surface area (Å²) in [7, 11) is 0. The summed E-state index contributed by atoms with van der Waals surface area (Å²) in [5, 5.41) is 8.27. The summed E-state index contributed by atoms with van der Waals surface area (Å²) in [6.45, 7) is 0. The maximum atomic E-state index is 10.8. The van der Waals surface area contributed by atoms with Gasteiger partial charge in [0.05, 0.1) is 12.0 Å². The second-order valence-corrected chi connectivity index (χ2v) is 3.23. The second-order valence-electron chi connectivity index (χ2n) is 2.42. The average molecular weight is 212 g/mol. The Morgan fingerprint density at radius 1 is 1.29 bits per heavy atom. The lowest BCUT2D eigenvalue weighted by atomic mass is 10.4. The van der Waals surface area contributed by atoms with Gasteiger partial charge in [-0.1, -0.05) is 18.2 Å². The summed E-state index contributed by atoms with van der Waals surface area (Å²) >= 11 is 0.858.